The highest BCUT2D eigenvalue weighted by Gasteiger charge is 2.18. The maximum atomic E-state index is 5.47. The zero-order valence-corrected chi connectivity index (χ0v) is 34.0. The lowest BCUT2D eigenvalue weighted by atomic mass is 9.90. The molecule has 0 radical (unpaired) electrons. The molecule has 2 aromatic heterocycles. The van der Waals surface area contributed by atoms with Gasteiger partial charge >= 0.3 is 0 Å². The van der Waals surface area contributed by atoms with Gasteiger partial charge in [0.25, 0.3) is 0 Å². The zero-order valence-electron chi connectivity index (χ0n) is 34.0. The van der Waals surface area contributed by atoms with Gasteiger partial charge in [-0.2, -0.15) is 0 Å². The minimum Gasteiger partial charge on any atom is -0.248 e. The first-order chi connectivity index (χ1) is 30.7. The second-order valence-corrected chi connectivity index (χ2v) is 15.7. The van der Waals surface area contributed by atoms with E-state index >= 15 is 0 Å². The van der Waals surface area contributed by atoms with Gasteiger partial charge in [0, 0.05) is 27.6 Å². The Kier molecular flexibility index (Phi) is 9.57. The summed E-state index contributed by atoms with van der Waals surface area (Å²) in [4.78, 5) is 10.8. The predicted octanol–water partition coefficient (Wildman–Crippen LogP) is 16.1. The normalized spacial score (nSPS) is 11.2. The Morgan fingerprint density at radius 2 is 0.581 bits per heavy atom. The average Bonchev–Trinajstić information content (AvgIpc) is 3.37. The van der Waals surface area contributed by atoms with Gasteiger partial charge in [-0.3, -0.25) is 0 Å². The van der Waals surface area contributed by atoms with Crippen LogP contribution in [0.4, 0.5) is 0 Å². The second-order valence-electron chi connectivity index (χ2n) is 15.7. The fourth-order valence-electron chi connectivity index (χ4n) is 8.67. The van der Waals surface area contributed by atoms with Crippen molar-refractivity contribution in [2.75, 3.05) is 0 Å². The number of benzene rings is 9. The third-order valence-corrected chi connectivity index (χ3v) is 11.9. The van der Waals surface area contributed by atoms with E-state index in [9.17, 15) is 0 Å². The summed E-state index contributed by atoms with van der Waals surface area (Å²) in [5, 5.41) is 3.54. The molecule has 0 aliphatic heterocycles. The Bertz CT molecular complexity index is 3220. The van der Waals surface area contributed by atoms with Crippen LogP contribution in [0.15, 0.2) is 243 Å². The van der Waals surface area contributed by atoms with Crippen molar-refractivity contribution in [3.05, 3.63) is 243 Å². The zero-order chi connectivity index (χ0) is 41.2. The van der Waals surface area contributed by atoms with Crippen molar-refractivity contribution in [3.8, 4) is 89.4 Å². The van der Waals surface area contributed by atoms with Crippen LogP contribution in [0.1, 0.15) is 0 Å². The lowest BCUT2D eigenvalue weighted by Crippen LogP contribution is -1.94. The molecule has 2 heterocycles. The summed E-state index contributed by atoms with van der Waals surface area (Å²) in [6.07, 6.45) is 0. The molecule has 62 heavy (non-hydrogen) atoms. The molecule has 0 atom stereocenters. The van der Waals surface area contributed by atoms with Crippen molar-refractivity contribution in [2.45, 2.75) is 0 Å². The molecule has 2 heteroatoms. The number of hydrogen-bond acceptors (Lipinski definition) is 2. The van der Waals surface area contributed by atoms with Gasteiger partial charge in [0.05, 0.1) is 22.6 Å². The van der Waals surface area contributed by atoms with Crippen LogP contribution in [0.5, 0.6) is 0 Å². The maximum Gasteiger partial charge on any atom is 0.0800 e. The summed E-state index contributed by atoms with van der Waals surface area (Å²) >= 11 is 0. The lowest BCUT2D eigenvalue weighted by Gasteiger charge is -2.17. The first-order valence-electron chi connectivity index (χ1n) is 21.1. The molecule has 2 nitrogen and oxygen atoms in total. The van der Waals surface area contributed by atoms with Gasteiger partial charge in [0.1, 0.15) is 0 Å². The summed E-state index contributed by atoms with van der Waals surface area (Å²) in [6.45, 7) is 0. The second kappa shape index (κ2) is 16.1. The topological polar surface area (TPSA) is 25.8 Å². The van der Waals surface area contributed by atoms with Crippen molar-refractivity contribution in [3.63, 3.8) is 0 Å². The van der Waals surface area contributed by atoms with Gasteiger partial charge in [-0.15, -0.1) is 0 Å². The summed E-state index contributed by atoms with van der Waals surface area (Å²) in [5.41, 5.74) is 18.6. The van der Waals surface area contributed by atoms with Gasteiger partial charge in [-0.1, -0.05) is 218 Å². The number of nitrogens with zero attached hydrogens (tertiary/aromatic N) is 2. The molecule has 9 aromatic carbocycles. The first-order valence-corrected chi connectivity index (χ1v) is 21.1. The molecule has 0 unspecified atom stereocenters. The molecular formula is C60H40N2. The van der Waals surface area contributed by atoms with Gasteiger partial charge in [0.2, 0.25) is 0 Å². The van der Waals surface area contributed by atoms with E-state index < -0.39 is 0 Å². The fourth-order valence-corrected chi connectivity index (χ4v) is 8.67. The predicted molar refractivity (Wildman–Crippen MR) is 261 cm³/mol. The van der Waals surface area contributed by atoms with E-state index in [1.54, 1.807) is 0 Å². The van der Waals surface area contributed by atoms with Gasteiger partial charge in [-0.05, 0) is 85.1 Å². The van der Waals surface area contributed by atoms with Crippen LogP contribution in [-0.2, 0) is 0 Å². The molecule has 0 aliphatic carbocycles. The number of fused-ring (bicyclic) bond motifs is 3. The smallest absolute Gasteiger partial charge is 0.0800 e. The molecule has 0 saturated carbocycles. The standard InChI is InChI=1S/C60H40N2/c1-5-15-41(16-6-1)43-27-33-49(34-28-43)56-38-52(39-57(61-56)50-35-29-44(30-36-50)42-17-7-2-8-18-42)45-25-31-47(32-26-45)55-37-51-23-13-14-24-53(51)59-54(46-19-9-3-10-20-46)40-58(62-60(55)59)48-21-11-4-12-22-48/h1-40H. The Balaban J connectivity index is 1.04. The molecule has 0 spiro atoms. The lowest BCUT2D eigenvalue weighted by molar-refractivity contribution is 1.32. The maximum absolute atomic E-state index is 5.47. The number of hydrogen-bond donors (Lipinski definition) is 0. The van der Waals surface area contributed by atoms with E-state index in [1.165, 1.54) is 44.2 Å². The average molecular weight is 789 g/mol. The molecule has 0 N–H and O–H groups in total. The third kappa shape index (κ3) is 7.14. The molecule has 0 amide bonds. The van der Waals surface area contributed by atoms with E-state index in [2.05, 4.69) is 243 Å². The molecule has 11 rings (SSSR count). The van der Waals surface area contributed by atoms with E-state index in [0.29, 0.717) is 0 Å². The van der Waals surface area contributed by atoms with Crippen LogP contribution in [0.25, 0.3) is 111 Å². The van der Waals surface area contributed by atoms with Gasteiger partial charge in [0.15, 0.2) is 0 Å². The highest BCUT2D eigenvalue weighted by Crippen LogP contribution is 2.42. The SMILES string of the molecule is c1ccc(-c2ccc(-c3cc(-c4ccc(-c5cc6ccccc6c6c(-c7ccccc7)cc(-c7ccccc7)nc56)cc4)cc(-c4ccc(-c5ccccc5)cc4)n3)cc2)cc1. The van der Waals surface area contributed by atoms with Crippen molar-refractivity contribution < 1.29 is 0 Å². The molecular weight excluding hydrogens is 749 g/mol. The van der Waals surface area contributed by atoms with Crippen LogP contribution < -0.4 is 0 Å². The quantitative estimate of drug-likeness (QED) is 0.143. The molecule has 0 aliphatic rings. The minimum absolute atomic E-state index is 0.930. The van der Waals surface area contributed by atoms with Crippen LogP contribution >= 0.6 is 0 Å². The number of rotatable bonds is 8. The van der Waals surface area contributed by atoms with Crippen LogP contribution in [-0.4, -0.2) is 9.97 Å². The van der Waals surface area contributed by atoms with Gasteiger partial charge < -0.3 is 0 Å². The van der Waals surface area contributed by atoms with Gasteiger partial charge in [-0.25, -0.2) is 9.97 Å². The monoisotopic (exact) mass is 788 g/mol. The van der Waals surface area contributed by atoms with E-state index in [1.807, 2.05) is 0 Å². The Hall–Kier alpha value is -8.20. The van der Waals surface area contributed by atoms with Crippen molar-refractivity contribution in [2.24, 2.45) is 0 Å². The first kappa shape index (κ1) is 36.8. The Labute approximate surface area is 362 Å². The van der Waals surface area contributed by atoms with E-state index in [0.717, 1.165) is 66.9 Å². The van der Waals surface area contributed by atoms with E-state index in [-0.39, 0.29) is 0 Å². The van der Waals surface area contributed by atoms with Crippen LogP contribution in [0.3, 0.4) is 0 Å². The largest absolute Gasteiger partial charge is 0.248 e. The van der Waals surface area contributed by atoms with Crippen molar-refractivity contribution >= 4 is 21.7 Å². The Morgan fingerprint density at radius 1 is 0.226 bits per heavy atom. The number of aromatic nitrogens is 2. The van der Waals surface area contributed by atoms with Crippen molar-refractivity contribution in [1.29, 1.82) is 0 Å². The summed E-state index contributed by atoms with van der Waals surface area (Å²) in [7, 11) is 0. The molecule has 0 saturated heterocycles. The fraction of sp³-hybridized carbons (Fsp3) is 0. The molecule has 11 aromatic rings. The summed E-state index contributed by atoms with van der Waals surface area (Å²) in [6, 6.07) is 86.4. The molecule has 290 valence electrons. The highest BCUT2D eigenvalue weighted by molar-refractivity contribution is 6.18. The van der Waals surface area contributed by atoms with Crippen LogP contribution in [0.2, 0.25) is 0 Å². The molecule has 0 fully saturated rings. The van der Waals surface area contributed by atoms with Crippen LogP contribution in [0, 0.1) is 0 Å². The summed E-state index contributed by atoms with van der Waals surface area (Å²) in [5.74, 6) is 0. The highest BCUT2D eigenvalue weighted by atomic mass is 14.7. The third-order valence-electron chi connectivity index (χ3n) is 11.9. The van der Waals surface area contributed by atoms with E-state index in [4.69, 9.17) is 9.97 Å². The van der Waals surface area contributed by atoms with Crippen molar-refractivity contribution in [1.82, 2.24) is 9.97 Å². The molecule has 0 bridgehead atoms. The minimum atomic E-state index is 0.930. The Morgan fingerprint density at radius 3 is 1.11 bits per heavy atom. The number of pyridine rings is 2. The summed E-state index contributed by atoms with van der Waals surface area (Å²) < 4.78 is 0.